The van der Waals surface area contributed by atoms with Crippen molar-refractivity contribution < 1.29 is 14.8 Å². The maximum Gasteiger partial charge on any atom is 0.488 e. The lowest BCUT2D eigenvalue weighted by atomic mass is 9.77. The van der Waals surface area contributed by atoms with Gasteiger partial charge in [0.05, 0.1) is 6.61 Å². The monoisotopic (exact) mass is 264 g/mol. The summed E-state index contributed by atoms with van der Waals surface area (Å²) in [6.45, 7) is 4.80. The molecule has 19 heavy (non-hydrogen) atoms. The van der Waals surface area contributed by atoms with E-state index < -0.39 is 7.12 Å². The molecule has 0 bridgehead atoms. The standard InChI is InChI=1S/C15H25BO3/c1-3-4-5-6-7-8-11-19-14-9-10-15(16(17)18)13(2)12-14/h9-10,12,17-18H,3-8,11H2,1-2H3. The Hall–Kier alpha value is -0.995. The highest BCUT2D eigenvalue weighted by atomic mass is 16.5. The SMILES string of the molecule is CCCCCCCCOc1ccc(B(O)O)c(C)c1. The van der Waals surface area contributed by atoms with Gasteiger partial charge in [-0.25, -0.2) is 0 Å². The number of rotatable bonds is 9. The first kappa shape index (κ1) is 16.1. The van der Waals surface area contributed by atoms with Gasteiger partial charge in [0.15, 0.2) is 0 Å². The molecule has 0 saturated heterocycles. The first-order valence-corrected chi connectivity index (χ1v) is 7.24. The normalized spacial score (nSPS) is 10.5. The largest absolute Gasteiger partial charge is 0.494 e. The maximum atomic E-state index is 9.13. The van der Waals surface area contributed by atoms with Crippen LogP contribution in [0.4, 0.5) is 0 Å². The molecule has 0 saturated carbocycles. The van der Waals surface area contributed by atoms with Crippen LogP contribution in [0.3, 0.4) is 0 Å². The zero-order valence-electron chi connectivity index (χ0n) is 12.1. The summed E-state index contributed by atoms with van der Waals surface area (Å²) in [5, 5.41) is 18.3. The molecule has 0 unspecified atom stereocenters. The number of hydrogen-bond donors (Lipinski definition) is 2. The molecule has 106 valence electrons. The van der Waals surface area contributed by atoms with Crippen LogP contribution in [-0.2, 0) is 0 Å². The molecule has 0 aliphatic rings. The molecule has 2 N–H and O–H groups in total. The minimum atomic E-state index is -1.41. The van der Waals surface area contributed by atoms with Crippen molar-refractivity contribution in [1.29, 1.82) is 0 Å². The summed E-state index contributed by atoms with van der Waals surface area (Å²) in [6, 6.07) is 5.35. The first-order valence-electron chi connectivity index (χ1n) is 7.24. The summed E-state index contributed by atoms with van der Waals surface area (Å²) in [7, 11) is -1.41. The highest BCUT2D eigenvalue weighted by Gasteiger charge is 2.13. The maximum absolute atomic E-state index is 9.13. The van der Waals surface area contributed by atoms with Gasteiger partial charge < -0.3 is 14.8 Å². The second-order valence-corrected chi connectivity index (χ2v) is 5.01. The van der Waals surface area contributed by atoms with Crippen LogP contribution < -0.4 is 10.2 Å². The second-order valence-electron chi connectivity index (χ2n) is 5.01. The first-order chi connectivity index (χ1) is 9.15. The molecule has 4 heteroatoms. The van der Waals surface area contributed by atoms with Crippen molar-refractivity contribution in [3.63, 3.8) is 0 Å². The Bertz CT molecular complexity index is 366. The van der Waals surface area contributed by atoms with E-state index in [1.54, 1.807) is 12.1 Å². The van der Waals surface area contributed by atoms with Crippen molar-refractivity contribution in [1.82, 2.24) is 0 Å². The molecule has 1 aromatic carbocycles. The zero-order chi connectivity index (χ0) is 14.1. The molecule has 0 aliphatic heterocycles. The molecule has 1 rings (SSSR count). The molecule has 1 aromatic rings. The van der Waals surface area contributed by atoms with Gasteiger partial charge in [0.2, 0.25) is 0 Å². The van der Waals surface area contributed by atoms with Crippen molar-refractivity contribution in [3.8, 4) is 5.75 Å². The van der Waals surface area contributed by atoms with E-state index in [-0.39, 0.29) is 0 Å². The van der Waals surface area contributed by atoms with Crippen LogP contribution in [0.25, 0.3) is 0 Å². The Balaban J connectivity index is 2.25. The van der Waals surface area contributed by atoms with E-state index in [1.165, 1.54) is 32.1 Å². The molecule has 0 aromatic heterocycles. The highest BCUT2D eigenvalue weighted by Crippen LogP contribution is 2.13. The minimum absolute atomic E-state index is 0.534. The van der Waals surface area contributed by atoms with Gasteiger partial charge >= 0.3 is 7.12 Å². The fourth-order valence-corrected chi connectivity index (χ4v) is 2.10. The molecule has 0 atom stereocenters. The summed E-state index contributed by atoms with van der Waals surface area (Å²) in [4.78, 5) is 0. The second kappa shape index (κ2) is 9.00. The van der Waals surface area contributed by atoms with Crippen molar-refractivity contribution >= 4 is 12.6 Å². The molecular weight excluding hydrogens is 239 g/mol. The van der Waals surface area contributed by atoms with Gasteiger partial charge in [0.1, 0.15) is 5.75 Å². The summed E-state index contributed by atoms with van der Waals surface area (Å²) in [5.74, 6) is 0.801. The Morgan fingerprint density at radius 3 is 2.37 bits per heavy atom. The highest BCUT2D eigenvalue weighted by molar-refractivity contribution is 6.59. The van der Waals surface area contributed by atoms with Crippen LogP contribution in [0.15, 0.2) is 18.2 Å². The molecule has 3 nitrogen and oxygen atoms in total. The van der Waals surface area contributed by atoms with Crippen LogP contribution in [-0.4, -0.2) is 23.8 Å². The fourth-order valence-electron chi connectivity index (χ4n) is 2.10. The van der Waals surface area contributed by atoms with Gasteiger partial charge in [-0.1, -0.05) is 45.1 Å². The van der Waals surface area contributed by atoms with E-state index in [0.29, 0.717) is 5.46 Å². The lowest BCUT2D eigenvalue weighted by Crippen LogP contribution is -2.31. The predicted octanol–water partition coefficient (Wildman–Crippen LogP) is 2.41. The number of aryl methyl sites for hydroxylation is 1. The Morgan fingerprint density at radius 2 is 1.74 bits per heavy atom. The molecule has 0 amide bonds. The fraction of sp³-hybridized carbons (Fsp3) is 0.600. The molecule has 0 aliphatic carbocycles. The minimum Gasteiger partial charge on any atom is -0.494 e. The van der Waals surface area contributed by atoms with Crippen LogP contribution in [0.5, 0.6) is 5.75 Å². The average molecular weight is 264 g/mol. The summed E-state index contributed by atoms with van der Waals surface area (Å²) >= 11 is 0. The number of unbranched alkanes of at least 4 members (excludes halogenated alkanes) is 5. The number of ether oxygens (including phenoxy) is 1. The topological polar surface area (TPSA) is 49.7 Å². The van der Waals surface area contributed by atoms with Crippen LogP contribution >= 0.6 is 0 Å². The molecule has 0 spiro atoms. The van der Waals surface area contributed by atoms with Gasteiger partial charge in [-0.3, -0.25) is 0 Å². The molecular formula is C15H25BO3. The number of benzene rings is 1. The van der Waals surface area contributed by atoms with Crippen LogP contribution in [0.2, 0.25) is 0 Å². The third kappa shape index (κ3) is 6.12. The van der Waals surface area contributed by atoms with E-state index in [2.05, 4.69) is 6.92 Å². The van der Waals surface area contributed by atoms with Gasteiger partial charge in [-0.2, -0.15) is 0 Å². The van der Waals surface area contributed by atoms with Crippen molar-refractivity contribution in [3.05, 3.63) is 23.8 Å². The average Bonchev–Trinajstić information content (AvgIpc) is 2.37. The van der Waals surface area contributed by atoms with Gasteiger partial charge in [0, 0.05) is 0 Å². The zero-order valence-corrected chi connectivity index (χ0v) is 12.1. The van der Waals surface area contributed by atoms with E-state index in [1.807, 2.05) is 13.0 Å². The van der Waals surface area contributed by atoms with E-state index in [0.717, 1.165) is 24.3 Å². The lowest BCUT2D eigenvalue weighted by molar-refractivity contribution is 0.304. The lowest BCUT2D eigenvalue weighted by Gasteiger charge is -2.09. The van der Waals surface area contributed by atoms with Gasteiger partial charge in [-0.05, 0) is 36.5 Å². The Labute approximate surface area is 116 Å². The smallest absolute Gasteiger partial charge is 0.488 e. The predicted molar refractivity (Wildman–Crippen MR) is 79.9 cm³/mol. The van der Waals surface area contributed by atoms with Gasteiger partial charge in [0.25, 0.3) is 0 Å². The third-order valence-electron chi connectivity index (χ3n) is 3.29. The van der Waals surface area contributed by atoms with Crippen LogP contribution in [0.1, 0.15) is 51.0 Å². The quantitative estimate of drug-likeness (QED) is 0.532. The third-order valence-corrected chi connectivity index (χ3v) is 3.29. The summed E-state index contributed by atoms with van der Waals surface area (Å²) in [5.41, 5.74) is 1.38. The molecule has 0 radical (unpaired) electrons. The van der Waals surface area contributed by atoms with Gasteiger partial charge in [-0.15, -0.1) is 0 Å². The summed E-state index contributed by atoms with van der Waals surface area (Å²) < 4.78 is 5.66. The molecule has 0 heterocycles. The Morgan fingerprint density at radius 1 is 1.05 bits per heavy atom. The Kier molecular flexibility index (Phi) is 7.60. The van der Waals surface area contributed by atoms with Crippen molar-refractivity contribution in [2.45, 2.75) is 52.4 Å². The van der Waals surface area contributed by atoms with E-state index in [9.17, 15) is 0 Å². The summed E-state index contributed by atoms with van der Waals surface area (Å²) in [6.07, 6.45) is 7.49. The molecule has 0 fully saturated rings. The van der Waals surface area contributed by atoms with E-state index >= 15 is 0 Å². The van der Waals surface area contributed by atoms with Crippen molar-refractivity contribution in [2.75, 3.05) is 6.61 Å². The van der Waals surface area contributed by atoms with Crippen LogP contribution in [0, 0.1) is 6.92 Å². The number of hydrogen-bond acceptors (Lipinski definition) is 3. The van der Waals surface area contributed by atoms with Crippen molar-refractivity contribution in [2.24, 2.45) is 0 Å². The van der Waals surface area contributed by atoms with E-state index in [4.69, 9.17) is 14.8 Å².